The van der Waals surface area contributed by atoms with Crippen LogP contribution in [0.5, 0.6) is 0 Å². The number of hydrogen-bond acceptors (Lipinski definition) is 9. The molecule has 0 aromatic heterocycles. The van der Waals surface area contributed by atoms with E-state index in [-0.39, 0.29) is 31.3 Å². The molecular formula is C35H68N4O5. The zero-order chi connectivity index (χ0) is 32.3. The Hall–Kier alpha value is -1.26. The number of nitrogens with one attached hydrogen (secondary N) is 1. The van der Waals surface area contributed by atoms with E-state index in [1.807, 2.05) is 41.5 Å². The van der Waals surface area contributed by atoms with Gasteiger partial charge in [0.15, 0.2) is 0 Å². The molecule has 44 heavy (non-hydrogen) atoms. The van der Waals surface area contributed by atoms with Crippen molar-refractivity contribution in [1.82, 2.24) is 20.0 Å². The fourth-order valence-corrected chi connectivity index (χ4v) is 5.88. The largest absolute Gasteiger partial charge is 0.459 e. The zero-order valence-corrected chi connectivity index (χ0v) is 29.4. The molecule has 0 radical (unpaired) electrons. The third-order valence-corrected chi connectivity index (χ3v) is 8.20. The van der Waals surface area contributed by atoms with E-state index >= 15 is 0 Å². The molecule has 0 aromatic rings. The summed E-state index contributed by atoms with van der Waals surface area (Å²) in [6.07, 6.45) is 16.8. The minimum atomic E-state index is -0.505. The Bertz CT molecular complexity index is 726. The van der Waals surface area contributed by atoms with Gasteiger partial charge in [0.1, 0.15) is 17.4 Å². The van der Waals surface area contributed by atoms with E-state index in [0.29, 0.717) is 13.1 Å². The van der Waals surface area contributed by atoms with E-state index in [1.54, 1.807) is 0 Å². The Kier molecular flexibility index (Phi) is 19.0. The Morgan fingerprint density at radius 3 is 1.52 bits per heavy atom. The summed E-state index contributed by atoms with van der Waals surface area (Å²) >= 11 is 0. The zero-order valence-electron chi connectivity index (χ0n) is 29.4. The topological polar surface area (TPSA) is 83.6 Å². The first-order valence-electron chi connectivity index (χ1n) is 17.9. The Morgan fingerprint density at radius 2 is 1.05 bits per heavy atom. The van der Waals surface area contributed by atoms with E-state index in [4.69, 9.17) is 14.2 Å². The highest BCUT2D eigenvalue weighted by Crippen LogP contribution is 2.15. The van der Waals surface area contributed by atoms with Crippen molar-refractivity contribution in [3.05, 3.63) is 0 Å². The van der Waals surface area contributed by atoms with Gasteiger partial charge in [0, 0.05) is 45.9 Å². The molecule has 0 aliphatic carbocycles. The molecule has 0 aromatic carbocycles. The number of carbonyl (C=O) groups excluding carboxylic acids is 2. The number of rotatable bonds is 10. The van der Waals surface area contributed by atoms with Crippen molar-refractivity contribution in [2.75, 3.05) is 72.1 Å². The molecule has 2 rings (SSSR count). The maximum absolute atomic E-state index is 12.6. The lowest BCUT2D eigenvalue weighted by molar-refractivity contribution is -0.158. The lowest BCUT2D eigenvalue weighted by Gasteiger charge is -2.27. The van der Waals surface area contributed by atoms with Gasteiger partial charge in [-0.05, 0) is 86.7 Å². The van der Waals surface area contributed by atoms with E-state index in [1.165, 1.54) is 64.2 Å². The lowest BCUT2D eigenvalue weighted by Crippen LogP contribution is -2.42. The summed E-state index contributed by atoms with van der Waals surface area (Å²) in [5, 5.41) is 3.69. The lowest BCUT2D eigenvalue weighted by atomic mass is 10.0. The fraction of sp³-hybridized carbons (Fsp3) is 0.943. The van der Waals surface area contributed by atoms with E-state index in [9.17, 15) is 9.59 Å². The normalized spacial score (nSPS) is 22.3. The maximum Gasteiger partial charge on any atom is 0.320 e. The standard InChI is InChI=1S/C35H68N4O5/c1-34(2,3)43-32(40)29-38-24-22-37(23-25-39(27-26-38)30-33(41)44-35(4,5)6)21-17-18-28-42-31-19-15-13-11-9-7-8-10-12-14-16-20-36-31/h31,36H,7-30H2,1-6H3. The minimum absolute atomic E-state index is 0.172. The van der Waals surface area contributed by atoms with Crippen molar-refractivity contribution in [3.63, 3.8) is 0 Å². The van der Waals surface area contributed by atoms with Crippen LogP contribution in [0.3, 0.4) is 0 Å². The summed E-state index contributed by atoms with van der Waals surface area (Å²) < 4.78 is 17.6. The number of unbranched alkanes of at least 4 members (excludes halogenated alkanes) is 1. The Morgan fingerprint density at radius 1 is 0.614 bits per heavy atom. The number of ether oxygens (including phenoxy) is 3. The van der Waals surface area contributed by atoms with Gasteiger partial charge in [-0.25, -0.2) is 0 Å². The average molecular weight is 625 g/mol. The van der Waals surface area contributed by atoms with Crippen LogP contribution in [0.1, 0.15) is 125 Å². The van der Waals surface area contributed by atoms with Gasteiger partial charge in [-0.15, -0.1) is 0 Å². The second kappa shape index (κ2) is 21.5. The molecule has 2 saturated heterocycles. The Labute approximate surface area is 270 Å². The Balaban J connectivity index is 1.85. The predicted molar refractivity (Wildman–Crippen MR) is 179 cm³/mol. The fourth-order valence-electron chi connectivity index (χ4n) is 5.88. The first kappa shape index (κ1) is 38.9. The summed E-state index contributed by atoms with van der Waals surface area (Å²) in [5.74, 6) is -0.406. The van der Waals surface area contributed by atoms with Gasteiger partial charge < -0.3 is 19.1 Å². The van der Waals surface area contributed by atoms with Crippen molar-refractivity contribution >= 4 is 11.9 Å². The minimum Gasteiger partial charge on any atom is -0.459 e. The number of hydrogen-bond donors (Lipinski definition) is 1. The molecule has 2 heterocycles. The van der Waals surface area contributed by atoms with Crippen LogP contribution in [-0.4, -0.2) is 116 Å². The van der Waals surface area contributed by atoms with Crippen molar-refractivity contribution in [2.45, 2.75) is 142 Å². The quantitative estimate of drug-likeness (QED) is 0.246. The molecule has 9 heteroatoms. The number of carbonyl (C=O) groups is 2. The van der Waals surface area contributed by atoms with Gasteiger partial charge in [-0.2, -0.15) is 0 Å². The smallest absolute Gasteiger partial charge is 0.320 e. The molecule has 2 aliphatic rings. The van der Waals surface area contributed by atoms with Crippen molar-refractivity contribution in [1.29, 1.82) is 0 Å². The molecule has 1 atom stereocenters. The van der Waals surface area contributed by atoms with E-state index < -0.39 is 11.2 Å². The van der Waals surface area contributed by atoms with Gasteiger partial charge in [-0.3, -0.25) is 24.7 Å². The van der Waals surface area contributed by atoms with Crippen LogP contribution in [-0.2, 0) is 23.8 Å². The summed E-state index contributed by atoms with van der Waals surface area (Å²) in [5.41, 5.74) is -1.01. The second-order valence-electron chi connectivity index (χ2n) is 14.9. The molecule has 9 nitrogen and oxygen atoms in total. The van der Waals surface area contributed by atoms with Crippen LogP contribution in [0.15, 0.2) is 0 Å². The highest BCUT2D eigenvalue weighted by Gasteiger charge is 2.24. The molecule has 1 N–H and O–H groups in total. The molecule has 258 valence electrons. The summed E-state index contributed by atoms with van der Waals surface area (Å²) in [6.45, 7) is 19.5. The van der Waals surface area contributed by atoms with Gasteiger partial charge >= 0.3 is 11.9 Å². The molecule has 2 fully saturated rings. The summed E-state index contributed by atoms with van der Waals surface area (Å²) in [6, 6.07) is 0. The van der Waals surface area contributed by atoms with Crippen LogP contribution in [0, 0.1) is 0 Å². The SMILES string of the molecule is CC(C)(C)OC(=O)CN1CCN(CCCCOC2CCCCCCCCCCCCN2)CCN(CC(=O)OC(C)(C)C)CC1. The summed E-state index contributed by atoms with van der Waals surface area (Å²) in [4.78, 5) is 32.1. The van der Waals surface area contributed by atoms with Gasteiger partial charge in [0.25, 0.3) is 0 Å². The van der Waals surface area contributed by atoms with Crippen molar-refractivity contribution in [2.24, 2.45) is 0 Å². The van der Waals surface area contributed by atoms with Crippen LogP contribution in [0.2, 0.25) is 0 Å². The molecular weight excluding hydrogens is 556 g/mol. The molecule has 0 bridgehead atoms. The van der Waals surface area contributed by atoms with Crippen LogP contribution >= 0.6 is 0 Å². The van der Waals surface area contributed by atoms with Gasteiger partial charge in [0.2, 0.25) is 0 Å². The maximum atomic E-state index is 12.6. The molecule has 0 saturated carbocycles. The average Bonchev–Trinajstić information content (AvgIpc) is 2.99. The van der Waals surface area contributed by atoms with Crippen LogP contribution in [0.4, 0.5) is 0 Å². The third-order valence-electron chi connectivity index (χ3n) is 8.20. The van der Waals surface area contributed by atoms with Crippen LogP contribution < -0.4 is 5.32 Å². The molecule has 0 spiro atoms. The monoisotopic (exact) mass is 625 g/mol. The highest BCUT2D eigenvalue weighted by atomic mass is 16.6. The molecule has 1 unspecified atom stereocenters. The van der Waals surface area contributed by atoms with E-state index in [2.05, 4.69) is 20.0 Å². The van der Waals surface area contributed by atoms with E-state index in [0.717, 1.165) is 65.1 Å². The first-order valence-corrected chi connectivity index (χ1v) is 17.9. The molecule has 2 aliphatic heterocycles. The molecule has 0 amide bonds. The summed E-state index contributed by atoms with van der Waals surface area (Å²) in [7, 11) is 0. The van der Waals surface area contributed by atoms with Gasteiger partial charge in [0.05, 0.1) is 13.1 Å². The van der Waals surface area contributed by atoms with Gasteiger partial charge in [-0.1, -0.05) is 51.4 Å². The number of esters is 2. The number of nitrogens with zero attached hydrogens (tertiary/aromatic N) is 3. The van der Waals surface area contributed by atoms with Crippen LogP contribution in [0.25, 0.3) is 0 Å². The van der Waals surface area contributed by atoms with Crippen molar-refractivity contribution in [3.8, 4) is 0 Å². The third kappa shape index (κ3) is 20.7. The van der Waals surface area contributed by atoms with Crippen molar-refractivity contribution < 1.29 is 23.8 Å². The second-order valence-corrected chi connectivity index (χ2v) is 14.9. The highest BCUT2D eigenvalue weighted by molar-refractivity contribution is 5.72. The first-order chi connectivity index (χ1) is 20.9. The predicted octanol–water partition coefficient (Wildman–Crippen LogP) is 5.61.